The zero-order chi connectivity index (χ0) is 24.3. The van der Waals surface area contributed by atoms with Gasteiger partial charge in [0, 0.05) is 17.3 Å². The van der Waals surface area contributed by atoms with Gasteiger partial charge in [-0.3, -0.25) is 4.98 Å². The highest BCUT2D eigenvalue weighted by Crippen LogP contribution is 2.39. The predicted molar refractivity (Wildman–Crippen MR) is 135 cm³/mol. The van der Waals surface area contributed by atoms with Gasteiger partial charge in [-0.25, -0.2) is 13.6 Å². The molecule has 1 aliphatic rings. The number of anilines is 2. The molecule has 0 saturated heterocycles. The lowest BCUT2D eigenvalue weighted by Gasteiger charge is -2.18. The topological polar surface area (TPSA) is 115 Å². The fourth-order valence-corrected chi connectivity index (χ4v) is 5.34. The van der Waals surface area contributed by atoms with Crippen molar-refractivity contribution in [1.82, 2.24) is 4.98 Å². The highest BCUT2D eigenvalue weighted by atomic mass is 35.5. The monoisotopic (exact) mass is 503 g/mol. The van der Waals surface area contributed by atoms with Crippen molar-refractivity contribution in [3.63, 3.8) is 0 Å². The Hall–Kier alpha value is -2.39. The number of aromatic nitrogens is 1. The predicted octanol–water partition coefficient (Wildman–Crippen LogP) is 5.61. The zero-order valence-corrected chi connectivity index (χ0v) is 20.8. The number of aliphatic hydroxyl groups is 1. The number of unbranched alkanes of at least 4 members (excludes halogenated alkanes) is 1. The van der Waals surface area contributed by atoms with Crippen LogP contribution in [-0.2, 0) is 16.6 Å². The minimum atomic E-state index is -4.08. The van der Waals surface area contributed by atoms with Crippen LogP contribution >= 0.6 is 11.6 Å². The Balaban J connectivity index is 1.84. The van der Waals surface area contributed by atoms with Gasteiger partial charge in [-0.05, 0) is 60.6 Å². The molecule has 1 saturated carbocycles. The van der Waals surface area contributed by atoms with Crippen molar-refractivity contribution in [3.8, 4) is 5.75 Å². The molecule has 1 fully saturated rings. The number of hydrogen-bond acceptors (Lipinski definition) is 6. The van der Waals surface area contributed by atoms with Gasteiger partial charge in [-0.2, -0.15) is 0 Å². The number of aliphatic hydroxyl groups excluding tert-OH is 1. The molecule has 1 aliphatic carbocycles. The number of ether oxygens (including phenoxy) is 1. The van der Waals surface area contributed by atoms with Crippen molar-refractivity contribution in [2.75, 3.05) is 11.9 Å². The van der Waals surface area contributed by atoms with Gasteiger partial charge in [0.15, 0.2) is 0 Å². The molecule has 2 aromatic carbocycles. The number of primary sulfonamides is 1. The van der Waals surface area contributed by atoms with Crippen molar-refractivity contribution < 1.29 is 18.3 Å². The molecule has 7 nitrogen and oxygen atoms in total. The van der Waals surface area contributed by atoms with Crippen LogP contribution in [0, 0.1) is 0 Å². The van der Waals surface area contributed by atoms with E-state index in [9.17, 15) is 13.5 Å². The second-order valence-corrected chi connectivity index (χ2v) is 10.7. The quantitative estimate of drug-likeness (QED) is 0.327. The second kappa shape index (κ2) is 10.5. The molecule has 1 aromatic heterocycles. The molecule has 0 aliphatic heterocycles. The Bertz CT molecular complexity index is 1290. The lowest BCUT2D eigenvalue weighted by Crippen LogP contribution is -2.15. The number of nitrogens with two attached hydrogens (primary N) is 1. The maximum Gasteiger partial charge on any atom is 0.241 e. The third-order valence-corrected chi connectivity index (χ3v) is 7.46. The van der Waals surface area contributed by atoms with E-state index >= 15 is 0 Å². The Labute approximate surface area is 205 Å². The molecule has 1 heterocycles. The molecule has 0 bridgehead atoms. The van der Waals surface area contributed by atoms with Crippen LogP contribution < -0.4 is 15.2 Å². The van der Waals surface area contributed by atoms with Gasteiger partial charge in [0.05, 0.1) is 29.4 Å². The number of nitrogens with zero attached hydrogens (tertiary/aromatic N) is 1. The lowest BCUT2D eigenvalue weighted by molar-refractivity contribution is 0.281. The molecule has 9 heteroatoms. The van der Waals surface area contributed by atoms with E-state index in [1.165, 1.54) is 19.0 Å². The smallest absolute Gasteiger partial charge is 0.241 e. The largest absolute Gasteiger partial charge is 0.492 e. The van der Waals surface area contributed by atoms with E-state index in [0.717, 1.165) is 36.8 Å². The van der Waals surface area contributed by atoms with E-state index in [-0.39, 0.29) is 11.5 Å². The average Bonchev–Trinajstić information content (AvgIpc) is 3.34. The summed E-state index contributed by atoms with van der Waals surface area (Å²) in [6.45, 7) is 2.45. The van der Waals surface area contributed by atoms with Gasteiger partial charge in [-0.15, -0.1) is 0 Å². The summed E-state index contributed by atoms with van der Waals surface area (Å²) < 4.78 is 30.7. The van der Waals surface area contributed by atoms with Gasteiger partial charge in [0.2, 0.25) is 10.0 Å². The first-order valence-corrected chi connectivity index (χ1v) is 13.5. The molecule has 3 aromatic rings. The number of sulfonamides is 1. The summed E-state index contributed by atoms with van der Waals surface area (Å²) in [4.78, 5) is 4.16. The van der Waals surface area contributed by atoms with Crippen molar-refractivity contribution in [1.29, 1.82) is 0 Å². The standard InChI is InChI=1S/C25H30ClN3O4S/c1-2-3-8-33-23-12-20-22(13-21(23)26)28-14-24(34(27,31)32)25(20)29-19-10-16(15-30)9-18(11-19)17-6-4-5-7-17/h9-14,17,30H,2-8,15H2,1H3,(H,28,29)(H2,27,31,32). The fraction of sp³-hybridized carbons (Fsp3) is 0.400. The van der Waals surface area contributed by atoms with Crippen LogP contribution in [0.2, 0.25) is 5.02 Å². The molecule has 4 N–H and O–H groups in total. The third-order valence-electron chi connectivity index (χ3n) is 6.24. The third kappa shape index (κ3) is 5.46. The van der Waals surface area contributed by atoms with E-state index < -0.39 is 10.0 Å². The number of halogens is 1. The Morgan fingerprint density at radius 3 is 2.65 bits per heavy atom. The summed E-state index contributed by atoms with van der Waals surface area (Å²) in [6.07, 6.45) is 7.65. The summed E-state index contributed by atoms with van der Waals surface area (Å²) in [5.74, 6) is 0.881. The first-order valence-electron chi connectivity index (χ1n) is 11.6. The first-order chi connectivity index (χ1) is 16.3. The van der Waals surface area contributed by atoms with Gasteiger partial charge in [0.1, 0.15) is 10.6 Å². The number of rotatable bonds is 9. The van der Waals surface area contributed by atoms with Crippen LogP contribution in [0.5, 0.6) is 5.75 Å². The number of fused-ring (bicyclic) bond motifs is 1. The maximum atomic E-state index is 12.5. The van der Waals surface area contributed by atoms with E-state index in [0.29, 0.717) is 45.6 Å². The molecular weight excluding hydrogens is 474 g/mol. The number of benzene rings is 2. The fourth-order valence-electron chi connectivity index (χ4n) is 4.48. The summed E-state index contributed by atoms with van der Waals surface area (Å²) in [6, 6.07) is 9.20. The van der Waals surface area contributed by atoms with Gasteiger partial charge < -0.3 is 15.2 Å². The Morgan fingerprint density at radius 2 is 1.97 bits per heavy atom. The lowest BCUT2D eigenvalue weighted by atomic mass is 9.95. The van der Waals surface area contributed by atoms with E-state index in [1.54, 1.807) is 12.1 Å². The van der Waals surface area contributed by atoms with E-state index in [2.05, 4.69) is 17.2 Å². The molecule has 0 radical (unpaired) electrons. The highest BCUT2D eigenvalue weighted by molar-refractivity contribution is 7.89. The van der Waals surface area contributed by atoms with Crippen LogP contribution in [0.1, 0.15) is 62.5 Å². The SMILES string of the molecule is CCCCOc1cc2c(Nc3cc(CO)cc(C4CCCC4)c3)c(S(N)(=O)=O)cnc2cc1Cl. The second-order valence-electron chi connectivity index (χ2n) is 8.77. The average molecular weight is 504 g/mol. The van der Waals surface area contributed by atoms with Crippen LogP contribution in [0.15, 0.2) is 41.4 Å². The molecule has 0 atom stereocenters. The normalized spacial score (nSPS) is 14.6. The molecule has 34 heavy (non-hydrogen) atoms. The van der Waals surface area contributed by atoms with Crippen LogP contribution in [-0.4, -0.2) is 25.1 Å². The summed E-state index contributed by atoms with van der Waals surface area (Å²) >= 11 is 6.40. The zero-order valence-electron chi connectivity index (χ0n) is 19.2. The molecule has 182 valence electrons. The number of pyridine rings is 1. The van der Waals surface area contributed by atoms with Gasteiger partial charge in [-0.1, -0.05) is 43.9 Å². The van der Waals surface area contributed by atoms with E-state index in [1.807, 2.05) is 18.2 Å². The molecular formula is C25H30ClN3O4S. The summed E-state index contributed by atoms with van der Waals surface area (Å²) in [5.41, 5.74) is 3.38. The molecule has 0 unspecified atom stereocenters. The minimum absolute atomic E-state index is 0.112. The number of nitrogens with one attached hydrogen (secondary N) is 1. The molecule has 0 amide bonds. The van der Waals surface area contributed by atoms with Crippen LogP contribution in [0.3, 0.4) is 0 Å². The number of hydrogen-bond donors (Lipinski definition) is 3. The van der Waals surface area contributed by atoms with E-state index in [4.69, 9.17) is 21.5 Å². The summed E-state index contributed by atoms with van der Waals surface area (Å²) in [5, 5.41) is 19.6. The van der Waals surface area contributed by atoms with Crippen molar-refractivity contribution >= 4 is 43.9 Å². The Kier molecular flexibility index (Phi) is 7.62. The molecule has 4 rings (SSSR count). The first kappa shape index (κ1) is 24.7. The Morgan fingerprint density at radius 1 is 1.21 bits per heavy atom. The van der Waals surface area contributed by atoms with Crippen LogP contribution in [0.25, 0.3) is 10.9 Å². The van der Waals surface area contributed by atoms with Crippen molar-refractivity contribution in [3.05, 3.63) is 52.7 Å². The minimum Gasteiger partial charge on any atom is -0.492 e. The van der Waals surface area contributed by atoms with Gasteiger partial charge in [0.25, 0.3) is 0 Å². The van der Waals surface area contributed by atoms with Crippen molar-refractivity contribution in [2.24, 2.45) is 5.14 Å². The van der Waals surface area contributed by atoms with Crippen molar-refractivity contribution in [2.45, 2.75) is 62.9 Å². The summed E-state index contributed by atoms with van der Waals surface area (Å²) in [7, 11) is -4.08. The van der Waals surface area contributed by atoms with Crippen LogP contribution in [0.4, 0.5) is 11.4 Å². The highest BCUT2D eigenvalue weighted by Gasteiger charge is 2.22. The maximum absolute atomic E-state index is 12.5. The molecule has 0 spiro atoms. The van der Waals surface area contributed by atoms with Gasteiger partial charge >= 0.3 is 0 Å².